The number of carbonyl (C=O) groups is 1. The van der Waals surface area contributed by atoms with Crippen molar-refractivity contribution < 1.29 is 9.18 Å². The molecule has 16 heavy (non-hydrogen) atoms. The van der Waals surface area contributed by atoms with Crippen molar-refractivity contribution in [2.24, 2.45) is 0 Å². The Morgan fingerprint density at radius 3 is 2.69 bits per heavy atom. The van der Waals surface area contributed by atoms with Crippen LogP contribution in [-0.4, -0.2) is 11.3 Å². The first-order chi connectivity index (χ1) is 7.79. The van der Waals surface area contributed by atoms with Gasteiger partial charge in [-0.15, -0.1) is 11.3 Å². The predicted molar refractivity (Wildman–Crippen MR) is 62.6 cm³/mol. The van der Waals surface area contributed by atoms with Crippen LogP contribution >= 0.6 is 11.3 Å². The molecule has 0 aliphatic heterocycles. The molecular formula is C12H8FNOS. The van der Waals surface area contributed by atoms with E-state index in [-0.39, 0.29) is 5.82 Å². The van der Waals surface area contributed by atoms with Crippen LogP contribution in [0.3, 0.4) is 0 Å². The monoisotopic (exact) mass is 233 g/mol. The van der Waals surface area contributed by atoms with Gasteiger partial charge in [0.25, 0.3) is 0 Å². The highest BCUT2D eigenvalue weighted by molar-refractivity contribution is 7.13. The second-order valence-electron chi connectivity index (χ2n) is 3.08. The summed E-state index contributed by atoms with van der Waals surface area (Å²) in [5, 5.41) is 2.66. The molecule has 0 aliphatic rings. The number of nitrogens with zero attached hydrogens (tertiary/aromatic N) is 1. The average molecular weight is 233 g/mol. The van der Waals surface area contributed by atoms with Crippen LogP contribution in [0.4, 0.5) is 4.39 Å². The van der Waals surface area contributed by atoms with Crippen molar-refractivity contribution in [3.63, 3.8) is 0 Å². The van der Waals surface area contributed by atoms with E-state index in [0.717, 1.165) is 16.3 Å². The van der Waals surface area contributed by atoms with E-state index < -0.39 is 0 Å². The number of carbonyl (C=O) groups excluding carboxylic acids is 1. The summed E-state index contributed by atoms with van der Waals surface area (Å²) < 4.78 is 12.7. The lowest BCUT2D eigenvalue weighted by Gasteiger charge is -1.94. The molecule has 4 heteroatoms. The van der Waals surface area contributed by atoms with Crippen LogP contribution in [0.2, 0.25) is 0 Å². The lowest BCUT2D eigenvalue weighted by atomic mass is 10.2. The van der Waals surface area contributed by atoms with Gasteiger partial charge in [0, 0.05) is 10.9 Å². The summed E-state index contributed by atoms with van der Waals surface area (Å²) in [5.41, 5.74) is 1.61. The summed E-state index contributed by atoms with van der Waals surface area (Å²) in [6, 6.07) is 6.16. The third-order valence-corrected chi connectivity index (χ3v) is 2.87. The van der Waals surface area contributed by atoms with Crippen molar-refractivity contribution in [3.05, 3.63) is 47.2 Å². The average Bonchev–Trinajstić information content (AvgIpc) is 2.76. The Morgan fingerprint density at radius 1 is 1.25 bits per heavy atom. The molecule has 0 saturated carbocycles. The Balaban J connectivity index is 2.27. The van der Waals surface area contributed by atoms with Crippen LogP contribution in [0.25, 0.3) is 16.6 Å². The number of rotatable bonds is 3. The van der Waals surface area contributed by atoms with Crippen molar-refractivity contribution in [2.45, 2.75) is 0 Å². The Kier molecular flexibility index (Phi) is 3.22. The fourth-order valence-electron chi connectivity index (χ4n) is 1.23. The summed E-state index contributed by atoms with van der Waals surface area (Å²) in [6.45, 7) is 0. The zero-order valence-corrected chi connectivity index (χ0v) is 9.08. The highest BCUT2D eigenvalue weighted by Crippen LogP contribution is 2.24. The number of thiazole rings is 1. The van der Waals surface area contributed by atoms with E-state index >= 15 is 0 Å². The minimum absolute atomic E-state index is 0.263. The zero-order chi connectivity index (χ0) is 11.4. The van der Waals surface area contributed by atoms with Gasteiger partial charge in [-0.3, -0.25) is 4.79 Å². The van der Waals surface area contributed by atoms with E-state index in [2.05, 4.69) is 4.98 Å². The molecular weight excluding hydrogens is 225 g/mol. The molecule has 0 spiro atoms. The fraction of sp³-hybridized carbons (Fsp3) is 0. The van der Waals surface area contributed by atoms with Gasteiger partial charge in [-0.1, -0.05) is 0 Å². The first-order valence-electron chi connectivity index (χ1n) is 4.63. The quantitative estimate of drug-likeness (QED) is 0.602. The maximum atomic E-state index is 12.7. The van der Waals surface area contributed by atoms with Gasteiger partial charge in [0.05, 0.1) is 5.69 Å². The Morgan fingerprint density at radius 2 is 2.00 bits per heavy atom. The molecule has 1 heterocycles. The molecule has 0 amide bonds. The number of hydrogen-bond donors (Lipinski definition) is 0. The van der Waals surface area contributed by atoms with Gasteiger partial charge < -0.3 is 0 Å². The molecule has 2 aromatic rings. The summed E-state index contributed by atoms with van der Waals surface area (Å²) in [5.74, 6) is -0.263. The molecule has 0 aliphatic carbocycles. The largest absolute Gasteiger partial charge is 0.299 e. The lowest BCUT2D eigenvalue weighted by Crippen LogP contribution is -1.78. The van der Waals surface area contributed by atoms with Crippen LogP contribution < -0.4 is 0 Å². The standard InChI is InChI=1S/C12H8FNOS/c13-10-5-3-9(4-6-10)12-14-11(8-16-12)2-1-7-15/h1-8H. The Labute approximate surface area is 96.1 Å². The summed E-state index contributed by atoms with van der Waals surface area (Å²) in [4.78, 5) is 14.4. The molecule has 80 valence electrons. The highest BCUT2D eigenvalue weighted by Gasteiger charge is 2.02. The maximum Gasteiger partial charge on any atom is 0.142 e. The van der Waals surface area contributed by atoms with E-state index in [1.54, 1.807) is 18.2 Å². The van der Waals surface area contributed by atoms with E-state index in [9.17, 15) is 9.18 Å². The summed E-state index contributed by atoms with van der Waals surface area (Å²) >= 11 is 1.46. The van der Waals surface area contributed by atoms with E-state index in [0.29, 0.717) is 6.29 Å². The summed E-state index contributed by atoms with van der Waals surface area (Å²) in [7, 11) is 0. The minimum atomic E-state index is -0.263. The SMILES string of the molecule is O=CC=Cc1csc(-c2ccc(F)cc2)n1. The second-order valence-corrected chi connectivity index (χ2v) is 3.94. The Hall–Kier alpha value is -1.81. The smallest absolute Gasteiger partial charge is 0.142 e. The predicted octanol–water partition coefficient (Wildman–Crippen LogP) is 3.16. The minimum Gasteiger partial charge on any atom is -0.299 e. The molecule has 1 aromatic carbocycles. The van der Waals surface area contributed by atoms with Crippen molar-refractivity contribution in [1.82, 2.24) is 4.98 Å². The van der Waals surface area contributed by atoms with Gasteiger partial charge >= 0.3 is 0 Å². The third kappa shape index (κ3) is 2.41. The molecule has 0 N–H and O–H groups in total. The van der Waals surface area contributed by atoms with Gasteiger partial charge in [-0.05, 0) is 36.4 Å². The van der Waals surface area contributed by atoms with Crippen molar-refractivity contribution in [3.8, 4) is 10.6 Å². The van der Waals surface area contributed by atoms with Crippen LogP contribution in [-0.2, 0) is 4.79 Å². The first kappa shape index (κ1) is 10.7. The van der Waals surface area contributed by atoms with Crippen LogP contribution in [0.1, 0.15) is 5.69 Å². The maximum absolute atomic E-state index is 12.7. The fourth-order valence-corrected chi connectivity index (χ4v) is 2.02. The second kappa shape index (κ2) is 4.81. The van der Waals surface area contributed by atoms with Gasteiger partial charge in [-0.2, -0.15) is 0 Å². The van der Waals surface area contributed by atoms with Gasteiger partial charge in [0.1, 0.15) is 17.1 Å². The number of aldehydes is 1. The van der Waals surface area contributed by atoms with Gasteiger partial charge in [0.2, 0.25) is 0 Å². The van der Waals surface area contributed by atoms with Crippen molar-refractivity contribution >= 4 is 23.7 Å². The molecule has 0 atom stereocenters. The highest BCUT2D eigenvalue weighted by atomic mass is 32.1. The number of hydrogen-bond acceptors (Lipinski definition) is 3. The van der Waals surface area contributed by atoms with Gasteiger partial charge in [-0.25, -0.2) is 9.37 Å². The molecule has 0 saturated heterocycles. The van der Waals surface area contributed by atoms with Crippen LogP contribution in [0.5, 0.6) is 0 Å². The zero-order valence-electron chi connectivity index (χ0n) is 8.26. The normalized spacial score (nSPS) is 10.8. The van der Waals surface area contributed by atoms with E-state index in [4.69, 9.17) is 0 Å². The van der Waals surface area contributed by atoms with Crippen LogP contribution in [0.15, 0.2) is 35.7 Å². The number of halogens is 1. The topological polar surface area (TPSA) is 30.0 Å². The molecule has 0 fully saturated rings. The number of aromatic nitrogens is 1. The molecule has 0 unspecified atom stereocenters. The molecule has 0 radical (unpaired) electrons. The number of allylic oxidation sites excluding steroid dienone is 1. The van der Waals surface area contributed by atoms with E-state index in [1.165, 1.54) is 29.5 Å². The molecule has 2 rings (SSSR count). The Bertz CT molecular complexity index is 516. The van der Waals surface area contributed by atoms with Gasteiger partial charge in [0.15, 0.2) is 0 Å². The number of benzene rings is 1. The van der Waals surface area contributed by atoms with Crippen LogP contribution in [0, 0.1) is 5.82 Å². The first-order valence-corrected chi connectivity index (χ1v) is 5.51. The molecule has 2 nitrogen and oxygen atoms in total. The third-order valence-electron chi connectivity index (χ3n) is 1.96. The molecule has 1 aromatic heterocycles. The lowest BCUT2D eigenvalue weighted by molar-refractivity contribution is -0.104. The van der Waals surface area contributed by atoms with Crippen molar-refractivity contribution in [2.75, 3.05) is 0 Å². The van der Waals surface area contributed by atoms with Crippen molar-refractivity contribution in [1.29, 1.82) is 0 Å². The van der Waals surface area contributed by atoms with E-state index in [1.807, 2.05) is 5.38 Å². The summed E-state index contributed by atoms with van der Waals surface area (Å²) in [6.07, 6.45) is 3.73. The molecule has 0 bridgehead atoms.